The fourth-order valence-electron chi connectivity index (χ4n) is 2.16. The maximum Gasteiger partial charge on any atom is 0.347 e. The van der Waals surface area contributed by atoms with Crippen molar-refractivity contribution in [2.45, 2.75) is 26.9 Å². The SMILES string of the molecule is Cc1ccc(NC(=O)COC(=O)[C@H](C)Oc2ccc(Cl)cc2)c(C)c1. The zero-order valence-corrected chi connectivity index (χ0v) is 15.1. The third kappa shape index (κ3) is 5.80. The summed E-state index contributed by atoms with van der Waals surface area (Å²) in [6, 6.07) is 12.3. The zero-order chi connectivity index (χ0) is 18.4. The van der Waals surface area contributed by atoms with Crippen LogP contribution in [0.15, 0.2) is 42.5 Å². The van der Waals surface area contributed by atoms with Crippen LogP contribution in [0.25, 0.3) is 0 Å². The van der Waals surface area contributed by atoms with E-state index in [4.69, 9.17) is 21.1 Å². The molecule has 1 amide bonds. The highest BCUT2D eigenvalue weighted by atomic mass is 35.5. The van der Waals surface area contributed by atoms with Crippen molar-refractivity contribution in [3.05, 3.63) is 58.6 Å². The van der Waals surface area contributed by atoms with Crippen molar-refractivity contribution in [3.63, 3.8) is 0 Å². The molecule has 0 aliphatic carbocycles. The van der Waals surface area contributed by atoms with Crippen molar-refractivity contribution in [2.24, 2.45) is 0 Å². The van der Waals surface area contributed by atoms with Gasteiger partial charge in [-0.25, -0.2) is 4.79 Å². The molecule has 6 heteroatoms. The molecule has 0 saturated carbocycles. The van der Waals surface area contributed by atoms with Crippen LogP contribution < -0.4 is 10.1 Å². The standard InChI is InChI=1S/C19H20ClNO4/c1-12-4-9-17(13(2)10-12)21-18(22)11-24-19(23)14(3)25-16-7-5-15(20)6-8-16/h4-10,14H,11H2,1-3H3,(H,21,22)/t14-/m0/s1. The maximum absolute atomic E-state index is 11.9. The van der Waals surface area contributed by atoms with Crippen LogP contribution in [-0.2, 0) is 14.3 Å². The summed E-state index contributed by atoms with van der Waals surface area (Å²) in [5, 5.41) is 3.29. The van der Waals surface area contributed by atoms with E-state index < -0.39 is 18.0 Å². The Bertz CT molecular complexity index is 759. The van der Waals surface area contributed by atoms with Crippen molar-refractivity contribution < 1.29 is 19.1 Å². The second-order valence-corrected chi connectivity index (χ2v) is 6.12. The van der Waals surface area contributed by atoms with Gasteiger partial charge in [0.25, 0.3) is 5.91 Å². The smallest absolute Gasteiger partial charge is 0.347 e. The minimum absolute atomic E-state index is 0.375. The lowest BCUT2D eigenvalue weighted by Gasteiger charge is -2.14. The first-order valence-corrected chi connectivity index (χ1v) is 8.19. The minimum Gasteiger partial charge on any atom is -0.479 e. The van der Waals surface area contributed by atoms with E-state index >= 15 is 0 Å². The van der Waals surface area contributed by atoms with Gasteiger partial charge in [0.1, 0.15) is 5.75 Å². The van der Waals surface area contributed by atoms with Crippen molar-refractivity contribution in [1.82, 2.24) is 0 Å². The van der Waals surface area contributed by atoms with E-state index in [-0.39, 0.29) is 6.61 Å². The summed E-state index contributed by atoms with van der Waals surface area (Å²) < 4.78 is 10.4. The predicted octanol–water partition coefficient (Wildman–Crippen LogP) is 3.91. The number of ether oxygens (including phenoxy) is 2. The van der Waals surface area contributed by atoms with Gasteiger partial charge in [-0.3, -0.25) is 4.79 Å². The molecule has 0 aliphatic rings. The number of carbonyl (C=O) groups is 2. The molecule has 0 bridgehead atoms. The molecule has 5 nitrogen and oxygen atoms in total. The number of benzene rings is 2. The molecule has 0 fully saturated rings. The summed E-state index contributed by atoms with van der Waals surface area (Å²) in [5.74, 6) is -0.529. The highest BCUT2D eigenvalue weighted by molar-refractivity contribution is 6.30. The van der Waals surface area contributed by atoms with Crippen LogP contribution in [0, 0.1) is 13.8 Å². The molecule has 2 aromatic rings. The first kappa shape index (κ1) is 18.8. The van der Waals surface area contributed by atoms with E-state index in [2.05, 4.69) is 5.32 Å². The van der Waals surface area contributed by atoms with Gasteiger partial charge in [0.05, 0.1) is 0 Å². The summed E-state index contributed by atoms with van der Waals surface area (Å²) in [6.45, 7) is 5.05. The van der Waals surface area contributed by atoms with Crippen LogP contribution in [0.5, 0.6) is 5.75 Å². The lowest BCUT2D eigenvalue weighted by atomic mass is 10.1. The highest BCUT2D eigenvalue weighted by Crippen LogP contribution is 2.17. The number of hydrogen-bond donors (Lipinski definition) is 1. The molecular weight excluding hydrogens is 342 g/mol. The van der Waals surface area contributed by atoms with Gasteiger partial charge in [0.2, 0.25) is 0 Å². The van der Waals surface area contributed by atoms with E-state index in [9.17, 15) is 9.59 Å². The van der Waals surface area contributed by atoms with Gasteiger partial charge in [0, 0.05) is 10.7 Å². The van der Waals surface area contributed by atoms with Gasteiger partial charge in [0.15, 0.2) is 12.7 Å². The summed E-state index contributed by atoms with van der Waals surface area (Å²) >= 11 is 5.79. The Morgan fingerprint density at radius 3 is 2.44 bits per heavy atom. The molecule has 0 heterocycles. The van der Waals surface area contributed by atoms with Gasteiger partial charge < -0.3 is 14.8 Å². The molecule has 2 rings (SSSR count). The fraction of sp³-hybridized carbons (Fsp3) is 0.263. The highest BCUT2D eigenvalue weighted by Gasteiger charge is 2.18. The van der Waals surface area contributed by atoms with Crippen LogP contribution in [0.4, 0.5) is 5.69 Å². The van der Waals surface area contributed by atoms with Crippen LogP contribution >= 0.6 is 11.6 Å². The number of anilines is 1. The molecule has 1 atom stereocenters. The molecule has 0 saturated heterocycles. The molecule has 0 spiro atoms. The van der Waals surface area contributed by atoms with Crippen LogP contribution in [0.1, 0.15) is 18.1 Å². The molecular formula is C19H20ClNO4. The van der Waals surface area contributed by atoms with E-state index in [0.29, 0.717) is 16.5 Å². The molecule has 0 unspecified atom stereocenters. The third-order valence-electron chi connectivity index (χ3n) is 3.46. The summed E-state index contributed by atoms with van der Waals surface area (Å²) in [5.41, 5.74) is 2.74. The number of nitrogens with one attached hydrogen (secondary N) is 1. The predicted molar refractivity (Wildman–Crippen MR) is 97.0 cm³/mol. The van der Waals surface area contributed by atoms with Crippen molar-refractivity contribution in [1.29, 1.82) is 0 Å². The molecule has 0 aromatic heterocycles. The Balaban J connectivity index is 1.82. The van der Waals surface area contributed by atoms with Gasteiger partial charge in [-0.05, 0) is 56.7 Å². The number of aryl methyl sites for hydroxylation is 2. The summed E-state index contributed by atoms with van der Waals surface area (Å²) in [4.78, 5) is 23.9. The van der Waals surface area contributed by atoms with Gasteiger partial charge in [-0.15, -0.1) is 0 Å². The number of rotatable bonds is 6. The Hall–Kier alpha value is -2.53. The van der Waals surface area contributed by atoms with Gasteiger partial charge >= 0.3 is 5.97 Å². The maximum atomic E-state index is 11.9. The first-order valence-electron chi connectivity index (χ1n) is 7.81. The van der Waals surface area contributed by atoms with E-state index in [1.54, 1.807) is 31.2 Å². The van der Waals surface area contributed by atoms with Crippen LogP contribution in [0.3, 0.4) is 0 Å². The summed E-state index contributed by atoms with van der Waals surface area (Å²) in [7, 11) is 0. The lowest BCUT2D eigenvalue weighted by Crippen LogP contribution is -2.29. The number of carbonyl (C=O) groups excluding carboxylic acids is 2. The number of hydrogen-bond acceptors (Lipinski definition) is 4. The molecule has 25 heavy (non-hydrogen) atoms. The number of esters is 1. The Kier molecular flexibility index (Phi) is 6.42. The fourth-order valence-corrected chi connectivity index (χ4v) is 2.29. The monoisotopic (exact) mass is 361 g/mol. The molecule has 0 aliphatic heterocycles. The van der Waals surface area contributed by atoms with Crippen molar-refractivity contribution in [3.8, 4) is 5.75 Å². The molecule has 1 N–H and O–H groups in total. The third-order valence-corrected chi connectivity index (χ3v) is 3.71. The Morgan fingerprint density at radius 1 is 1.12 bits per heavy atom. The quantitative estimate of drug-likeness (QED) is 0.792. The molecule has 0 radical (unpaired) electrons. The summed E-state index contributed by atoms with van der Waals surface area (Å²) in [6.07, 6.45) is -0.838. The second-order valence-electron chi connectivity index (χ2n) is 5.69. The van der Waals surface area contributed by atoms with Crippen LogP contribution in [0.2, 0.25) is 5.02 Å². The van der Waals surface area contributed by atoms with Crippen LogP contribution in [-0.4, -0.2) is 24.6 Å². The minimum atomic E-state index is -0.838. The lowest BCUT2D eigenvalue weighted by molar-refractivity contribution is -0.153. The topological polar surface area (TPSA) is 64.6 Å². The van der Waals surface area contributed by atoms with Gasteiger partial charge in [-0.1, -0.05) is 29.3 Å². The Morgan fingerprint density at radius 2 is 1.80 bits per heavy atom. The Labute approximate surface area is 151 Å². The average molecular weight is 362 g/mol. The van der Waals surface area contributed by atoms with E-state index in [1.165, 1.54) is 0 Å². The second kappa shape index (κ2) is 8.53. The largest absolute Gasteiger partial charge is 0.479 e. The zero-order valence-electron chi connectivity index (χ0n) is 14.3. The van der Waals surface area contributed by atoms with Gasteiger partial charge in [-0.2, -0.15) is 0 Å². The first-order chi connectivity index (χ1) is 11.8. The molecule has 2 aromatic carbocycles. The number of halogens is 1. The average Bonchev–Trinajstić information content (AvgIpc) is 2.57. The molecule has 132 valence electrons. The number of amides is 1. The van der Waals surface area contributed by atoms with E-state index in [1.807, 2.05) is 32.0 Å². The van der Waals surface area contributed by atoms with Crippen molar-refractivity contribution >= 4 is 29.2 Å². The van der Waals surface area contributed by atoms with Crippen molar-refractivity contribution in [2.75, 3.05) is 11.9 Å². The van der Waals surface area contributed by atoms with E-state index in [0.717, 1.165) is 11.1 Å². The normalized spacial score (nSPS) is 11.5.